The van der Waals surface area contributed by atoms with Gasteiger partial charge in [0, 0.05) is 26.3 Å². The van der Waals surface area contributed by atoms with Crippen molar-refractivity contribution >= 4 is 11.6 Å². The number of hydrogen-bond acceptors (Lipinski definition) is 6. The summed E-state index contributed by atoms with van der Waals surface area (Å²) in [4.78, 5) is 8.33. The second-order valence-corrected chi connectivity index (χ2v) is 3.89. The van der Waals surface area contributed by atoms with Gasteiger partial charge in [-0.1, -0.05) is 0 Å². The number of methoxy groups -OCH3 is 1. The Morgan fingerprint density at radius 2 is 2.00 bits per heavy atom. The fourth-order valence-corrected chi connectivity index (χ4v) is 1.88. The molecule has 0 saturated carbocycles. The summed E-state index contributed by atoms with van der Waals surface area (Å²) in [5.74, 6) is 2.08. The first-order chi connectivity index (χ1) is 8.35. The number of nitrogens with one attached hydrogen (secondary N) is 2. The van der Waals surface area contributed by atoms with Crippen molar-refractivity contribution in [2.45, 2.75) is 18.9 Å². The maximum Gasteiger partial charge on any atom is 0.204 e. The van der Waals surface area contributed by atoms with Crippen molar-refractivity contribution in [1.29, 1.82) is 0 Å². The summed E-state index contributed by atoms with van der Waals surface area (Å²) in [5, 5.41) is 6.36. The van der Waals surface area contributed by atoms with E-state index in [2.05, 4.69) is 20.6 Å². The fraction of sp³-hybridized carbons (Fsp3) is 0.636. The molecule has 0 amide bonds. The van der Waals surface area contributed by atoms with Crippen LogP contribution in [-0.2, 0) is 4.74 Å². The van der Waals surface area contributed by atoms with Gasteiger partial charge in [-0.15, -0.1) is 0 Å². The Bertz CT molecular complexity index is 366. The van der Waals surface area contributed by atoms with Crippen molar-refractivity contribution in [3.05, 3.63) is 6.33 Å². The number of anilines is 2. The van der Waals surface area contributed by atoms with Crippen LogP contribution in [0.1, 0.15) is 12.8 Å². The SMILES string of the molecule is CNc1ncnc(NC2CCOCC2)c1OC. The standard InChI is InChI=1S/C11H18N4O2/c1-12-10-9(16-2)11(14-7-13-10)15-8-3-5-17-6-4-8/h7-8H,3-6H2,1-2H3,(H2,12,13,14,15). The molecule has 1 saturated heterocycles. The molecule has 0 aliphatic carbocycles. The van der Waals surface area contributed by atoms with Gasteiger partial charge in [0.2, 0.25) is 5.75 Å². The van der Waals surface area contributed by atoms with E-state index in [1.165, 1.54) is 6.33 Å². The molecule has 2 heterocycles. The van der Waals surface area contributed by atoms with E-state index < -0.39 is 0 Å². The van der Waals surface area contributed by atoms with E-state index in [9.17, 15) is 0 Å². The van der Waals surface area contributed by atoms with Gasteiger partial charge in [0.1, 0.15) is 6.33 Å². The van der Waals surface area contributed by atoms with E-state index in [0.29, 0.717) is 17.6 Å². The molecule has 6 heteroatoms. The van der Waals surface area contributed by atoms with Gasteiger partial charge in [-0.2, -0.15) is 0 Å². The van der Waals surface area contributed by atoms with Crippen molar-refractivity contribution in [1.82, 2.24) is 9.97 Å². The highest BCUT2D eigenvalue weighted by molar-refractivity contribution is 5.63. The number of rotatable bonds is 4. The van der Waals surface area contributed by atoms with E-state index >= 15 is 0 Å². The lowest BCUT2D eigenvalue weighted by atomic mass is 10.1. The summed E-state index contributed by atoms with van der Waals surface area (Å²) in [7, 11) is 3.43. The summed E-state index contributed by atoms with van der Waals surface area (Å²) < 4.78 is 10.7. The molecule has 94 valence electrons. The smallest absolute Gasteiger partial charge is 0.204 e. The van der Waals surface area contributed by atoms with Crippen LogP contribution in [0.4, 0.5) is 11.6 Å². The molecule has 1 aromatic heterocycles. The molecule has 2 N–H and O–H groups in total. The van der Waals surface area contributed by atoms with Gasteiger partial charge in [0.05, 0.1) is 7.11 Å². The van der Waals surface area contributed by atoms with Crippen LogP contribution in [-0.4, -0.2) is 43.4 Å². The third-order valence-corrected chi connectivity index (χ3v) is 2.81. The van der Waals surface area contributed by atoms with Crippen LogP contribution < -0.4 is 15.4 Å². The molecular weight excluding hydrogens is 220 g/mol. The van der Waals surface area contributed by atoms with Gasteiger partial charge in [-0.3, -0.25) is 0 Å². The lowest BCUT2D eigenvalue weighted by molar-refractivity contribution is 0.0903. The number of aromatic nitrogens is 2. The van der Waals surface area contributed by atoms with Gasteiger partial charge >= 0.3 is 0 Å². The quantitative estimate of drug-likeness (QED) is 0.819. The highest BCUT2D eigenvalue weighted by atomic mass is 16.5. The molecule has 0 unspecified atom stereocenters. The molecule has 1 aromatic rings. The first kappa shape index (κ1) is 11.9. The van der Waals surface area contributed by atoms with Crippen molar-refractivity contribution in [3.63, 3.8) is 0 Å². The average Bonchev–Trinajstić information content (AvgIpc) is 2.39. The monoisotopic (exact) mass is 238 g/mol. The molecule has 0 radical (unpaired) electrons. The first-order valence-corrected chi connectivity index (χ1v) is 5.76. The first-order valence-electron chi connectivity index (χ1n) is 5.76. The molecule has 0 bridgehead atoms. The molecule has 0 atom stereocenters. The minimum Gasteiger partial charge on any atom is -0.490 e. The normalized spacial score (nSPS) is 16.6. The lowest BCUT2D eigenvalue weighted by Gasteiger charge is -2.24. The predicted octanol–water partition coefficient (Wildman–Crippen LogP) is 1.12. The molecular formula is C11H18N4O2. The Hall–Kier alpha value is -1.56. The molecule has 0 aromatic carbocycles. The van der Waals surface area contributed by atoms with Crippen molar-refractivity contribution in [3.8, 4) is 5.75 Å². The summed E-state index contributed by atoms with van der Waals surface area (Å²) >= 11 is 0. The molecule has 17 heavy (non-hydrogen) atoms. The summed E-state index contributed by atoms with van der Waals surface area (Å²) in [5.41, 5.74) is 0. The molecule has 6 nitrogen and oxygen atoms in total. The van der Waals surface area contributed by atoms with E-state index in [-0.39, 0.29) is 0 Å². The molecule has 1 fully saturated rings. The third-order valence-electron chi connectivity index (χ3n) is 2.81. The van der Waals surface area contributed by atoms with Gasteiger partial charge in [0.15, 0.2) is 11.6 Å². The number of ether oxygens (including phenoxy) is 2. The lowest BCUT2D eigenvalue weighted by Crippen LogP contribution is -2.28. The van der Waals surface area contributed by atoms with Crippen LogP contribution in [0.5, 0.6) is 5.75 Å². The van der Waals surface area contributed by atoms with Crippen LogP contribution in [0.3, 0.4) is 0 Å². The minimum atomic E-state index is 0.386. The molecule has 1 aliphatic heterocycles. The van der Waals surface area contributed by atoms with Gasteiger partial charge in [-0.25, -0.2) is 9.97 Å². The van der Waals surface area contributed by atoms with Crippen LogP contribution >= 0.6 is 0 Å². The van der Waals surface area contributed by atoms with Crippen LogP contribution in [0.2, 0.25) is 0 Å². The minimum absolute atomic E-state index is 0.386. The Kier molecular flexibility index (Phi) is 3.98. The zero-order chi connectivity index (χ0) is 12.1. The number of nitrogens with zero attached hydrogens (tertiary/aromatic N) is 2. The van der Waals surface area contributed by atoms with Crippen molar-refractivity contribution in [2.75, 3.05) is 38.0 Å². The average molecular weight is 238 g/mol. The maximum atomic E-state index is 5.33. The maximum absolute atomic E-state index is 5.33. The van der Waals surface area contributed by atoms with Crippen molar-refractivity contribution in [2.24, 2.45) is 0 Å². The number of hydrogen-bond donors (Lipinski definition) is 2. The summed E-state index contributed by atoms with van der Waals surface area (Å²) in [6, 6.07) is 0.386. The van der Waals surface area contributed by atoms with Crippen molar-refractivity contribution < 1.29 is 9.47 Å². The van der Waals surface area contributed by atoms with Crippen LogP contribution in [0.15, 0.2) is 6.33 Å². The zero-order valence-corrected chi connectivity index (χ0v) is 10.2. The third kappa shape index (κ3) is 2.76. The topological polar surface area (TPSA) is 68.3 Å². The predicted molar refractivity (Wildman–Crippen MR) is 65.6 cm³/mol. The Morgan fingerprint density at radius 3 is 2.65 bits per heavy atom. The van der Waals surface area contributed by atoms with Crippen LogP contribution in [0, 0.1) is 0 Å². The fourth-order valence-electron chi connectivity index (χ4n) is 1.88. The molecule has 1 aliphatic rings. The zero-order valence-electron chi connectivity index (χ0n) is 10.2. The highest BCUT2D eigenvalue weighted by Crippen LogP contribution is 2.29. The second-order valence-electron chi connectivity index (χ2n) is 3.89. The Morgan fingerprint density at radius 1 is 1.29 bits per heavy atom. The van der Waals surface area contributed by atoms with Gasteiger partial charge < -0.3 is 20.1 Å². The summed E-state index contributed by atoms with van der Waals surface area (Å²) in [6.45, 7) is 1.59. The Balaban J connectivity index is 2.13. The van der Waals surface area contributed by atoms with Gasteiger partial charge in [-0.05, 0) is 12.8 Å². The summed E-state index contributed by atoms with van der Waals surface area (Å²) in [6.07, 6.45) is 3.50. The molecule has 0 spiro atoms. The van der Waals surface area contributed by atoms with E-state index in [1.54, 1.807) is 7.11 Å². The largest absolute Gasteiger partial charge is 0.490 e. The van der Waals surface area contributed by atoms with E-state index in [0.717, 1.165) is 31.9 Å². The van der Waals surface area contributed by atoms with Crippen LogP contribution in [0.25, 0.3) is 0 Å². The van der Waals surface area contributed by atoms with E-state index in [1.807, 2.05) is 7.05 Å². The molecule has 2 rings (SSSR count). The van der Waals surface area contributed by atoms with Gasteiger partial charge in [0.25, 0.3) is 0 Å². The van der Waals surface area contributed by atoms with E-state index in [4.69, 9.17) is 9.47 Å². The second kappa shape index (κ2) is 5.67. The highest BCUT2D eigenvalue weighted by Gasteiger charge is 2.17. The Labute approximate surface area is 101 Å².